The Bertz CT molecular complexity index is 1450. The third-order valence-electron chi connectivity index (χ3n) is 5.77. The van der Waals surface area contributed by atoms with Crippen LogP contribution in [0.1, 0.15) is 22.6 Å². The van der Waals surface area contributed by atoms with Crippen LogP contribution in [0.2, 0.25) is 0 Å². The number of hydrogen-bond acceptors (Lipinski definition) is 7. The number of nitro groups is 1. The van der Waals surface area contributed by atoms with Crippen molar-refractivity contribution < 1.29 is 14.4 Å². The van der Waals surface area contributed by atoms with Crippen LogP contribution in [0.25, 0.3) is 11.3 Å². The molecular weight excluding hydrogens is 446 g/mol. The van der Waals surface area contributed by atoms with E-state index in [-0.39, 0.29) is 23.0 Å². The van der Waals surface area contributed by atoms with Gasteiger partial charge < -0.3 is 15.2 Å². The number of nitrogens with one attached hydrogen (secondary N) is 1. The van der Waals surface area contributed by atoms with Crippen LogP contribution in [0.4, 0.5) is 5.69 Å². The Kier molecular flexibility index (Phi) is 5.61. The maximum absolute atomic E-state index is 11.1. The number of benzene rings is 3. The van der Waals surface area contributed by atoms with Crippen molar-refractivity contribution >= 4 is 5.69 Å². The van der Waals surface area contributed by atoms with Gasteiger partial charge in [-0.2, -0.15) is 5.26 Å². The second-order valence-corrected chi connectivity index (χ2v) is 7.89. The molecule has 4 aromatic rings. The smallest absolute Gasteiger partial charge is 0.269 e. The number of nitriles is 1. The highest BCUT2D eigenvalue weighted by Crippen LogP contribution is 2.45. The van der Waals surface area contributed by atoms with Crippen molar-refractivity contribution in [2.75, 3.05) is 0 Å². The molecule has 1 aliphatic heterocycles. The normalized spacial score (nSPS) is 14.5. The van der Waals surface area contributed by atoms with Gasteiger partial charge in [-0.1, -0.05) is 42.5 Å². The summed E-state index contributed by atoms with van der Waals surface area (Å²) in [5.41, 5.74) is 9.98. The van der Waals surface area contributed by atoms with Crippen molar-refractivity contribution in [3.8, 4) is 29.0 Å². The molecule has 172 valence electrons. The molecule has 0 bridgehead atoms. The van der Waals surface area contributed by atoms with Crippen molar-refractivity contribution in [1.82, 2.24) is 10.2 Å². The highest BCUT2D eigenvalue weighted by molar-refractivity contribution is 5.71. The van der Waals surface area contributed by atoms with Crippen LogP contribution in [0.5, 0.6) is 11.6 Å². The van der Waals surface area contributed by atoms with Crippen molar-refractivity contribution in [2.45, 2.75) is 12.5 Å². The van der Waals surface area contributed by atoms with Crippen LogP contribution in [-0.2, 0) is 6.61 Å². The first-order chi connectivity index (χ1) is 17.0. The second kappa shape index (κ2) is 9.03. The summed E-state index contributed by atoms with van der Waals surface area (Å²) in [7, 11) is 0. The van der Waals surface area contributed by atoms with Gasteiger partial charge in [0.25, 0.3) is 5.69 Å². The zero-order chi connectivity index (χ0) is 24.4. The van der Waals surface area contributed by atoms with Crippen molar-refractivity contribution in [1.29, 1.82) is 5.26 Å². The van der Waals surface area contributed by atoms with Gasteiger partial charge in [0.15, 0.2) is 0 Å². The number of H-pyrrole nitrogens is 1. The predicted octanol–water partition coefficient (Wildman–Crippen LogP) is 4.78. The monoisotopic (exact) mass is 465 g/mol. The Balaban J connectivity index is 1.48. The lowest BCUT2D eigenvalue weighted by atomic mass is 9.83. The molecular formula is C26H19N5O4. The van der Waals surface area contributed by atoms with Crippen molar-refractivity contribution in [2.24, 2.45) is 5.73 Å². The molecule has 1 aromatic heterocycles. The Morgan fingerprint density at radius 1 is 1.09 bits per heavy atom. The highest BCUT2D eigenvalue weighted by Gasteiger charge is 2.35. The average molecular weight is 465 g/mol. The first-order valence-corrected chi connectivity index (χ1v) is 10.7. The Labute approximate surface area is 200 Å². The number of rotatable bonds is 6. The van der Waals surface area contributed by atoms with E-state index in [9.17, 15) is 15.4 Å². The minimum atomic E-state index is -0.604. The van der Waals surface area contributed by atoms with Crippen LogP contribution in [-0.4, -0.2) is 15.1 Å². The number of ether oxygens (including phenoxy) is 2. The van der Waals surface area contributed by atoms with E-state index in [0.717, 1.165) is 11.1 Å². The number of nitrogens with zero attached hydrogens (tertiary/aromatic N) is 3. The molecule has 3 aromatic carbocycles. The van der Waals surface area contributed by atoms with Gasteiger partial charge in [0.05, 0.1) is 22.1 Å². The summed E-state index contributed by atoms with van der Waals surface area (Å²) >= 11 is 0. The van der Waals surface area contributed by atoms with Gasteiger partial charge in [-0.25, -0.2) is 0 Å². The van der Waals surface area contributed by atoms with E-state index >= 15 is 0 Å². The number of aromatic amines is 1. The van der Waals surface area contributed by atoms with E-state index in [4.69, 9.17) is 15.2 Å². The van der Waals surface area contributed by atoms with Gasteiger partial charge in [-0.15, -0.1) is 5.10 Å². The Morgan fingerprint density at radius 3 is 2.46 bits per heavy atom. The van der Waals surface area contributed by atoms with E-state index in [0.29, 0.717) is 29.2 Å². The molecule has 0 spiro atoms. The maximum atomic E-state index is 11.1. The first kappa shape index (κ1) is 21.7. The molecule has 0 fully saturated rings. The van der Waals surface area contributed by atoms with E-state index in [1.165, 1.54) is 12.1 Å². The number of non-ortho nitro benzene ring substituents is 1. The summed E-state index contributed by atoms with van der Waals surface area (Å²) in [5.74, 6) is 0.304. The molecule has 1 aliphatic rings. The summed E-state index contributed by atoms with van der Waals surface area (Å²) in [6.45, 7) is 0.450. The third kappa shape index (κ3) is 4.16. The fourth-order valence-corrected chi connectivity index (χ4v) is 4.05. The van der Waals surface area contributed by atoms with Crippen LogP contribution >= 0.6 is 0 Å². The van der Waals surface area contributed by atoms with E-state index in [1.54, 1.807) is 12.1 Å². The predicted molar refractivity (Wildman–Crippen MR) is 127 cm³/mol. The van der Waals surface area contributed by atoms with Gasteiger partial charge in [0.1, 0.15) is 24.0 Å². The van der Waals surface area contributed by atoms with E-state index in [1.807, 2.05) is 54.6 Å². The van der Waals surface area contributed by atoms with Gasteiger partial charge in [-0.3, -0.25) is 15.2 Å². The molecule has 2 heterocycles. The molecule has 9 nitrogen and oxygen atoms in total. The van der Waals surface area contributed by atoms with Gasteiger partial charge >= 0.3 is 0 Å². The SMILES string of the molecule is N#CC1=C(N)Oc2n[nH]c(-c3ccc(OCc4ccccc4)cc3)c2[C@@H]1c1ccc([N+](=O)[O-])cc1. The summed E-state index contributed by atoms with van der Waals surface area (Å²) in [6, 6.07) is 25.5. The summed E-state index contributed by atoms with van der Waals surface area (Å²) in [6.07, 6.45) is 0. The standard InChI is InChI=1S/C26H19N5O4/c27-14-21-22(17-6-10-19(11-7-17)31(32)33)23-24(29-30-26(23)35-25(21)28)18-8-12-20(13-9-18)34-15-16-4-2-1-3-5-16/h1-13,22H,15,28H2,(H,29,30)/t22-/m1/s1. The van der Waals surface area contributed by atoms with Gasteiger partial charge in [-0.05, 0) is 35.4 Å². The fraction of sp³-hybridized carbons (Fsp3) is 0.0769. The lowest BCUT2D eigenvalue weighted by Crippen LogP contribution is -2.21. The molecule has 9 heteroatoms. The van der Waals surface area contributed by atoms with Crippen molar-refractivity contribution in [3.05, 3.63) is 117 Å². The zero-order valence-electron chi connectivity index (χ0n) is 18.3. The van der Waals surface area contributed by atoms with Crippen LogP contribution in [0.3, 0.4) is 0 Å². The molecule has 3 N–H and O–H groups in total. The van der Waals surface area contributed by atoms with Crippen LogP contribution < -0.4 is 15.2 Å². The van der Waals surface area contributed by atoms with Crippen LogP contribution in [0, 0.1) is 21.4 Å². The van der Waals surface area contributed by atoms with Crippen LogP contribution in [0.15, 0.2) is 90.3 Å². The minimum absolute atomic E-state index is 0.0463. The molecule has 0 amide bonds. The van der Waals surface area contributed by atoms with E-state index < -0.39 is 10.8 Å². The Morgan fingerprint density at radius 2 is 1.80 bits per heavy atom. The number of fused-ring (bicyclic) bond motifs is 1. The fourth-order valence-electron chi connectivity index (χ4n) is 4.05. The van der Waals surface area contributed by atoms with E-state index in [2.05, 4.69) is 16.3 Å². The second-order valence-electron chi connectivity index (χ2n) is 7.89. The molecule has 0 saturated carbocycles. The van der Waals surface area contributed by atoms with Crippen molar-refractivity contribution in [3.63, 3.8) is 0 Å². The molecule has 0 radical (unpaired) electrons. The Hall–Kier alpha value is -5.10. The maximum Gasteiger partial charge on any atom is 0.269 e. The number of allylic oxidation sites excluding steroid dienone is 1. The quantitative estimate of drug-likeness (QED) is 0.308. The molecule has 0 unspecified atom stereocenters. The number of nitro benzene ring substituents is 1. The zero-order valence-corrected chi connectivity index (χ0v) is 18.3. The molecule has 35 heavy (non-hydrogen) atoms. The highest BCUT2D eigenvalue weighted by atomic mass is 16.6. The molecule has 0 saturated heterocycles. The number of hydrogen-bond donors (Lipinski definition) is 2. The topological polar surface area (TPSA) is 140 Å². The number of aromatic nitrogens is 2. The molecule has 1 atom stereocenters. The summed E-state index contributed by atoms with van der Waals surface area (Å²) in [4.78, 5) is 10.6. The summed E-state index contributed by atoms with van der Waals surface area (Å²) < 4.78 is 11.5. The third-order valence-corrected chi connectivity index (χ3v) is 5.77. The molecule has 0 aliphatic carbocycles. The average Bonchev–Trinajstić information content (AvgIpc) is 3.31. The lowest BCUT2D eigenvalue weighted by molar-refractivity contribution is -0.384. The minimum Gasteiger partial charge on any atom is -0.489 e. The largest absolute Gasteiger partial charge is 0.489 e. The van der Waals surface area contributed by atoms with Gasteiger partial charge in [0.2, 0.25) is 11.8 Å². The van der Waals surface area contributed by atoms with Gasteiger partial charge in [0, 0.05) is 17.7 Å². The number of nitrogens with two attached hydrogens (primary N) is 1. The molecule has 5 rings (SSSR count). The lowest BCUT2D eigenvalue weighted by Gasteiger charge is -2.24. The first-order valence-electron chi connectivity index (χ1n) is 10.7. The summed E-state index contributed by atoms with van der Waals surface area (Å²) in [5, 5.41) is 28.2.